The summed E-state index contributed by atoms with van der Waals surface area (Å²) in [5.41, 5.74) is 3.73. The SMILES string of the molecule is O=S(=O)(Nc1cc(Cl)ccc1N1CCOCC1)c1ccc2c(c1)CCCC2. The van der Waals surface area contributed by atoms with Crippen LogP contribution in [0.5, 0.6) is 0 Å². The van der Waals surface area contributed by atoms with Gasteiger partial charge in [0.2, 0.25) is 0 Å². The van der Waals surface area contributed by atoms with Crippen LogP contribution in [0, 0.1) is 0 Å². The van der Waals surface area contributed by atoms with Gasteiger partial charge in [-0.3, -0.25) is 4.72 Å². The van der Waals surface area contributed by atoms with E-state index < -0.39 is 10.0 Å². The average molecular weight is 407 g/mol. The number of sulfonamides is 1. The Hall–Kier alpha value is -1.76. The summed E-state index contributed by atoms with van der Waals surface area (Å²) in [6.45, 7) is 2.68. The van der Waals surface area contributed by atoms with Crippen LogP contribution in [0.4, 0.5) is 11.4 Å². The summed E-state index contributed by atoms with van der Waals surface area (Å²) >= 11 is 6.15. The average Bonchev–Trinajstić information content (AvgIpc) is 2.68. The van der Waals surface area contributed by atoms with Crippen molar-refractivity contribution in [3.8, 4) is 0 Å². The van der Waals surface area contributed by atoms with E-state index in [-0.39, 0.29) is 0 Å². The predicted octanol–water partition coefficient (Wildman–Crippen LogP) is 3.86. The summed E-state index contributed by atoms with van der Waals surface area (Å²) in [5.74, 6) is 0. The van der Waals surface area contributed by atoms with Gasteiger partial charge in [0.25, 0.3) is 10.0 Å². The molecule has 1 saturated heterocycles. The molecule has 2 aliphatic rings. The van der Waals surface area contributed by atoms with Gasteiger partial charge >= 0.3 is 0 Å². The maximum atomic E-state index is 13.0. The van der Waals surface area contributed by atoms with Crippen molar-refractivity contribution in [3.05, 3.63) is 52.5 Å². The molecule has 1 heterocycles. The second kappa shape index (κ2) is 7.70. The van der Waals surface area contributed by atoms with Gasteiger partial charge in [0.15, 0.2) is 0 Å². The normalized spacial score (nSPS) is 17.4. The third kappa shape index (κ3) is 4.08. The molecule has 0 unspecified atom stereocenters. The molecule has 0 spiro atoms. The van der Waals surface area contributed by atoms with E-state index in [9.17, 15) is 8.42 Å². The minimum absolute atomic E-state index is 0.302. The second-order valence-electron chi connectivity index (χ2n) is 7.00. The van der Waals surface area contributed by atoms with Crippen LogP contribution >= 0.6 is 11.6 Å². The number of nitrogens with one attached hydrogen (secondary N) is 1. The predicted molar refractivity (Wildman–Crippen MR) is 108 cm³/mol. The Labute approximate surface area is 165 Å². The van der Waals surface area contributed by atoms with Gasteiger partial charge < -0.3 is 9.64 Å². The van der Waals surface area contributed by atoms with Crippen LogP contribution in [0.15, 0.2) is 41.3 Å². The van der Waals surface area contributed by atoms with Crippen LogP contribution in [-0.2, 0) is 27.6 Å². The number of hydrogen-bond acceptors (Lipinski definition) is 4. The Balaban J connectivity index is 1.65. The Morgan fingerprint density at radius 2 is 1.70 bits per heavy atom. The molecule has 2 aromatic rings. The molecule has 0 bridgehead atoms. The summed E-state index contributed by atoms with van der Waals surface area (Å²) in [6, 6.07) is 10.8. The lowest BCUT2D eigenvalue weighted by Gasteiger charge is -2.30. The largest absolute Gasteiger partial charge is 0.378 e. The first-order valence-corrected chi connectivity index (χ1v) is 11.2. The van der Waals surface area contributed by atoms with Crippen molar-refractivity contribution >= 4 is 33.0 Å². The number of ether oxygens (including phenoxy) is 1. The summed E-state index contributed by atoms with van der Waals surface area (Å²) in [7, 11) is -3.69. The van der Waals surface area contributed by atoms with Gasteiger partial charge in [-0.05, 0) is 67.1 Å². The first-order valence-electron chi connectivity index (χ1n) is 9.30. The third-order valence-electron chi connectivity index (χ3n) is 5.18. The molecule has 0 saturated carbocycles. The van der Waals surface area contributed by atoms with E-state index in [2.05, 4.69) is 9.62 Å². The molecule has 0 amide bonds. The van der Waals surface area contributed by atoms with E-state index in [1.54, 1.807) is 18.2 Å². The number of hydrogen-bond donors (Lipinski definition) is 1. The molecule has 0 aromatic heterocycles. The molecular formula is C20H23ClN2O3S. The highest BCUT2D eigenvalue weighted by molar-refractivity contribution is 7.92. The number of halogens is 1. The Bertz CT molecular complexity index is 940. The summed E-state index contributed by atoms with van der Waals surface area (Å²) in [4.78, 5) is 2.42. The van der Waals surface area contributed by atoms with Crippen molar-refractivity contribution in [2.75, 3.05) is 35.9 Å². The molecule has 7 heteroatoms. The first kappa shape index (κ1) is 18.6. The van der Waals surface area contributed by atoms with Crippen molar-refractivity contribution in [2.24, 2.45) is 0 Å². The van der Waals surface area contributed by atoms with E-state index in [0.717, 1.165) is 43.6 Å². The highest BCUT2D eigenvalue weighted by atomic mass is 35.5. The van der Waals surface area contributed by atoms with Crippen LogP contribution in [0.25, 0.3) is 0 Å². The summed E-state index contributed by atoms with van der Waals surface area (Å²) in [5, 5.41) is 0.496. The fraction of sp³-hybridized carbons (Fsp3) is 0.400. The number of morpholine rings is 1. The molecule has 2 aromatic carbocycles. The van der Waals surface area contributed by atoms with Crippen LogP contribution in [-0.4, -0.2) is 34.7 Å². The molecule has 0 radical (unpaired) electrons. The lowest BCUT2D eigenvalue weighted by atomic mass is 9.92. The number of rotatable bonds is 4. The topological polar surface area (TPSA) is 58.6 Å². The first-order chi connectivity index (χ1) is 13.0. The van der Waals surface area contributed by atoms with Crippen molar-refractivity contribution in [1.82, 2.24) is 0 Å². The van der Waals surface area contributed by atoms with E-state index in [1.165, 1.54) is 12.0 Å². The minimum Gasteiger partial charge on any atom is -0.378 e. The van der Waals surface area contributed by atoms with E-state index in [4.69, 9.17) is 16.3 Å². The summed E-state index contributed by atoms with van der Waals surface area (Å²) in [6.07, 6.45) is 4.25. The number of benzene rings is 2. The molecule has 0 atom stereocenters. The lowest BCUT2D eigenvalue weighted by molar-refractivity contribution is 0.123. The van der Waals surface area contributed by atoms with Crippen molar-refractivity contribution in [3.63, 3.8) is 0 Å². The molecule has 144 valence electrons. The Morgan fingerprint density at radius 3 is 2.48 bits per heavy atom. The number of aryl methyl sites for hydroxylation is 2. The number of nitrogens with zero attached hydrogens (tertiary/aromatic N) is 1. The van der Waals surface area contributed by atoms with Gasteiger partial charge in [0.1, 0.15) is 0 Å². The quantitative estimate of drug-likeness (QED) is 0.837. The van der Waals surface area contributed by atoms with Gasteiger partial charge in [0.05, 0.1) is 29.5 Å². The van der Waals surface area contributed by atoms with Crippen molar-refractivity contribution in [2.45, 2.75) is 30.6 Å². The zero-order valence-electron chi connectivity index (χ0n) is 15.1. The van der Waals surface area contributed by atoms with Crippen molar-refractivity contribution in [1.29, 1.82) is 0 Å². The third-order valence-corrected chi connectivity index (χ3v) is 6.78. The van der Waals surface area contributed by atoms with Crippen molar-refractivity contribution < 1.29 is 13.2 Å². The Kier molecular flexibility index (Phi) is 5.30. The Morgan fingerprint density at radius 1 is 0.963 bits per heavy atom. The zero-order chi connectivity index (χ0) is 18.9. The van der Waals surface area contributed by atoms with E-state index in [1.807, 2.05) is 18.2 Å². The van der Waals surface area contributed by atoms with Gasteiger partial charge in [-0.2, -0.15) is 0 Å². The molecule has 5 nitrogen and oxygen atoms in total. The van der Waals surface area contributed by atoms with Gasteiger partial charge in [-0.25, -0.2) is 8.42 Å². The summed E-state index contributed by atoms with van der Waals surface area (Å²) < 4.78 is 34.2. The highest BCUT2D eigenvalue weighted by Crippen LogP contribution is 2.32. The van der Waals surface area contributed by atoms with Crippen LogP contribution < -0.4 is 9.62 Å². The van der Waals surface area contributed by atoms with E-state index >= 15 is 0 Å². The lowest BCUT2D eigenvalue weighted by Crippen LogP contribution is -2.36. The minimum atomic E-state index is -3.69. The molecular weight excluding hydrogens is 384 g/mol. The number of fused-ring (bicyclic) bond motifs is 1. The fourth-order valence-corrected chi connectivity index (χ4v) is 5.04. The maximum absolute atomic E-state index is 13.0. The fourth-order valence-electron chi connectivity index (χ4n) is 3.75. The van der Waals surface area contributed by atoms with Gasteiger partial charge in [-0.15, -0.1) is 0 Å². The molecule has 27 heavy (non-hydrogen) atoms. The molecule has 1 N–H and O–H groups in total. The molecule has 1 aliphatic carbocycles. The standard InChI is InChI=1S/C20H23ClN2O3S/c21-17-6-8-20(23-9-11-26-12-10-23)19(14-17)22-27(24,25)18-7-5-15-3-1-2-4-16(15)13-18/h5-8,13-14,22H,1-4,9-12H2. The van der Waals surface area contributed by atoms with Gasteiger partial charge in [0, 0.05) is 18.1 Å². The molecule has 1 fully saturated rings. The highest BCUT2D eigenvalue weighted by Gasteiger charge is 2.22. The van der Waals surface area contributed by atoms with Crippen LogP contribution in [0.3, 0.4) is 0 Å². The maximum Gasteiger partial charge on any atom is 0.261 e. The molecule has 4 rings (SSSR count). The van der Waals surface area contributed by atoms with E-state index in [0.29, 0.717) is 28.8 Å². The van der Waals surface area contributed by atoms with Crippen LogP contribution in [0.1, 0.15) is 24.0 Å². The molecule has 1 aliphatic heterocycles. The second-order valence-corrected chi connectivity index (χ2v) is 9.12. The monoisotopic (exact) mass is 406 g/mol. The smallest absolute Gasteiger partial charge is 0.261 e. The van der Waals surface area contributed by atoms with Gasteiger partial charge in [-0.1, -0.05) is 17.7 Å². The van der Waals surface area contributed by atoms with Crippen LogP contribution in [0.2, 0.25) is 5.02 Å². The zero-order valence-corrected chi connectivity index (χ0v) is 16.7. The number of anilines is 2.